The number of nitro groups is 1. The average molecular weight is 936 g/mol. The molecule has 3 N–H and O–H groups in total. The zero-order valence-electron chi connectivity index (χ0n) is 36.8. The SMILES string of the molecule is CC1(C)CCC(CN2CCN(c3ccc(C(=O)NS(=O)(=O)c4ccc(NC[C@H]5COCCO5)c([N+](=O)[O-])c4)c(-n4c5c(c6nc7[nH]ccc7cc64)COC5)c3)CC2)=C(c2ccc(Cl)cc2)C1. The fourth-order valence-electron chi connectivity index (χ4n) is 9.69. The molecule has 1 aliphatic carbocycles. The van der Waals surface area contributed by atoms with Gasteiger partial charge in [0.2, 0.25) is 0 Å². The summed E-state index contributed by atoms with van der Waals surface area (Å²) >= 11 is 6.28. The van der Waals surface area contributed by atoms with Gasteiger partial charge < -0.3 is 34.0 Å². The molecule has 0 unspecified atom stereocenters. The van der Waals surface area contributed by atoms with Gasteiger partial charge in [0.1, 0.15) is 11.3 Å². The highest BCUT2D eigenvalue weighted by Crippen LogP contribution is 2.44. The fourth-order valence-corrected chi connectivity index (χ4v) is 10.8. The summed E-state index contributed by atoms with van der Waals surface area (Å²) in [5, 5.41) is 16.8. The summed E-state index contributed by atoms with van der Waals surface area (Å²) in [4.78, 5) is 38.5. The largest absolute Gasteiger partial charge is 0.377 e. The van der Waals surface area contributed by atoms with Crippen molar-refractivity contribution in [2.45, 2.75) is 57.3 Å². The number of rotatable bonds is 12. The summed E-state index contributed by atoms with van der Waals surface area (Å²) in [5.41, 5.74) is 9.28. The molecule has 2 fully saturated rings. The molecule has 10 rings (SSSR count). The van der Waals surface area contributed by atoms with Gasteiger partial charge in [-0.05, 0) is 90.4 Å². The van der Waals surface area contributed by atoms with Gasteiger partial charge in [-0.3, -0.25) is 19.8 Å². The lowest BCUT2D eigenvalue weighted by Crippen LogP contribution is -2.47. The van der Waals surface area contributed by atoms with Crippen molar-refractivity contribution in [3.63, 3.8) is 0 Å². The summed E-state index contributed by atoms with van der Waals surface area (Å²) in [6.45, 7) is 10.7. The Labute approximate surface area is 387 Å². The first-order valence-electron chi connectivity index (χ1n) is 22.3. The van der Waals surface area contributed by atoms with Gasteiger partial charge in [-0.15, -0.1) is 0 Å². The smallest absolute Gasteiger partial charge is 0.293 e. The van der Waals surface area contributed by atoms with E-state index in [-0.39, 0.29) is 35.9 Å². The number of carbonyl (C=O) groups excluding carboxylic acids is 1. The molecule has 18 heteroatoms. The minimum Gasteiger partial charge on any atom is -0.377 e. The van der Waals surface area contributed by atoms with E-state index >= 15 is 0 Å². The fraction of sp³-hybridized carbons (Fsp3) is 0.375. The molecular formula is C48H51ClN8O8S. The maximum absolute atomic E-state index is 14.5. The van der Waals surface area contributed by atoms with Crippen molar-refractivity contribution in [1.82, 2.24) is 24.2 Å². The van der Waals surface area contributed by atoms with E-state index in [1.165, 1.54) is 28.8 Å². The lowest BCUT2D eigenvalue weighted by atomic mass is 9.72. The molecule has 0 radical (unpaired) electrons. The van der Waals surface area contributed by atoms with E-state index in [0.29, 0.717) is 37.8 Å². The number of fused-ring (bicyclic) bond motifs is 4. The molecule has 1 atom stereocenters. The van der Waals surface area contributed by atoms with Crippen LogP contribution >= 0.6 is 11.6 Å². The summed E-state index contributed by atoms with van der Waals surface area (Å²) in [7, 11) is -4.61. The Bertz CT molecular complexity index is 3010. The Kier molecular flexibility index (Phi) is 11.9. The maximum Gasteiger partial charge on any atom is 0.293 e. The molecule has 66 heavy (non-hydrogen) atoms. The minimum absolute atomic E-state index is 0.0890. The Morgan fingerprint density at radius 2 is 1.82 bits per heavy atom. The van der Waals surface area contributed by atoms with Gasteiger partial charge >= 0.3 is 0 Å². The third-order valence-corrected chi connectivity index (χ3v) is 14.8. The third-order valence-electron chi connectivity index (χ3n) is 13.3. The maximum atomic E-state index is 14.5. The van der Waals surface area contributed by atoms with Crippen molar-refractivity contribution in [3.8, 4) is 5.69 Å². The summed E-state index contributed by atoms with van der Waals surface area (Å²) in [6, 6.07) is 21.1. The lowest BCUT2D eigenvalue weighted by molar-refractivity contribution is -0.384. The van der Waals surface area contributed by atoms with Crippen LogP contribution in [0.4, 0.5) is 17.1 Å². The highest BCUT2D eigenvalue weighted by atomic mass is 35.5. The van der Waals surface area contributed by atoms with E-state index in [0.717, 1.165) is 96.4 Å². The summed E-state index contributed by atoms with van der Waals surface area (Å²) in [5.74, 6) is -0.897. The van der Waals surface area contributed by atoms with Gasteiger partial charge in [0, 0.05) is 73.2 Å². The lowest BCUT2D eigenvalue weighted by Gasteiger charge is -2.39. The number of carbonyl (C=O) groups is 1. The van der Waals surface area contributed by atoms with Crippen LogP contribution in [0.3, 0.4) is 0 Å². The molecule has 3 aromatic carbocycles. The van der Waals surface area contributed by atoms with E-state index in [1.54, 1.807) is 6.07 Å². The quantitative estimate of drug-likeness (QED) is 0.0799. The predicted molar refractivity (Wildman–Crippen MR) is 253 cm³/mol. The number of nitrogens with one attached hydrogen (secondary N) is 3. The number of pyridine rings is 1. The number of nitrogens with zero attached hydrogens (tertiary/aromatic N) is 5. The number of benzene rings is 3. The number of halogens is 1. The molecule has 16 nitrogen and oxygen atoms in total. The van der Waals surface area contributed by atoms with Crippen LogP contribution in [0, 0.1) is 15.5 Å². The number of aromatic amines is 1. The number of hydrogen-bond donors (Lipinski definition) is 3. The molecule has 0 spiro atoms. The molecule has 0 saturated carbocycles. The molecule has 344 valence electrons. The van der Waals surface area contributed by atoms with Gasteiger partial charge in [0.25, 0.3) is 21.6 Å². The minimum atomic E-state index is -4.61. The normalized spacial score (nSPS) is 19.1. The van der Waals surface area contributed by atoms with Crippen molar-refractivity contribution in [2.75, 3.05) is 69.3 Å². The first kappa shape index (κ1) is 44.0. The first-order chi connectivity index (χ1) is 31.8. The van der Waals surface area contributed by atoms with Crippen LogP contribution in [0.25, 0.3) is 33.3 Å². The molecule has 1 amide bonds. The van der Waals surface area contributed by atoms with Gasteiger partial charge in [0.15, 0.2) is 0 Å². The van der Waals surface area contributed by atoms with Gasteiger partial charge in [-0.1, -0.05) is 43.2 Å². The number of aromatic nitrogens is 3. The standard InChI is InChI=1S/C48H51ClN8O8S/c1-48(2)13-11-32(38(24-48)30-3-5-33(49)6-4-30)26-54-15-17-55(18-16-54)34-7-9-37(41(22-34)56-43-21-31-12-14-50-46(31)52-45(43)39-28-64-29-44(39)56)47(58)53-66(61,62)36-8-10-40(42(23-36)57(59)60)51-25-35-27-63-19-20-65-35/h3-10,12,14,21-23,35,51H,11,13,15-20,24-29H2,1-2H3,(H,50,52)(H,53,58)/t35-/m0/s1. The summed E-state index contributed by atoms with van der Waals surface area (Å²) in [6.07, 6.45) is 4.68. The number of amides is 1. The van der Waals surface area contributed by atoms with Crippen LogP contribution in [-0.2, 0) is 37.4 Å². The Morgan fingerprint density at radius 1 is 1.00 bits per heavy atom. The molecule has 6 aromatic rings. The van der Waals surface area contributed by atoms with Gasteiger partial charge in [-0.2, -0.15) is 0 Å². The van der Waals surface area contributed by atoms with Gasteiger partial charge in [0.05, 0.1) is 76.9 Å². The van der Waals surface area contributed by atoms with Crippen molar-refractivity contribution in [1.29, 1.82) is 0 Å². The van der Waals surface area contributed by atoms with Crippen molar-refractivity contribution in [3.05, 3.63) is 122 Å². The average Bonchev–Trinajstić information content (AvgIpc) is 4.05. The highest BCUT2D eigenvalue weighted by Gasteiger charge is 2.32. The van der Waals surface area contributed by atoms with Crippen LogP contribution in [0.2, 0.25) is 5.02 Å². The van der Waals surface area contributed by atoms with Crippen molar-refractivity contribution >= 4 is 72.2 Å². The number of anilines is 2. The molecule has 2 saturated heterocycles. The van der Waals surface area contributed by atoms with Crippen LogP contribution < -0.4 is 14.9 Å². The van der Waals surface area contributed by atoms with E-state index in [4.69, 9.17) is 30.8 Å². The van der Waals surface area contributed by atoms with E-state index in [9.17, 15) is 23.3 Å². The number of ether oxygens (including phenoxy) is 3. The number of hydrogen-bond acceptors (Lipinski definition) is 12. The van der Waals surface area contributed by atoms with Crippen LogP contribution in [-0.4, -0.2) is 104 Å². The Morgan fingerprint density at radius 3 is 2.59 bits per heavy atom. The number of sulfonamides is 1. The van der Waals surface area contributed by atoms with Crippen LogP contribution in [0.5, 0.6) is 0 Å². The van der Waals surface area contributed by atoms with Gasteiger partial charge in [-0.25, -0.2) is 18.1 Å². The summed E-state index contributed by atoms with van der Waals surface area (Å²) < 4.78 is 49.2. The Balaban J connectivity index is 0.952. The second-order valence-electron chi connectivity index (χ2n) is 18.2. The van der Waals surface area contributed by atoms with E-state index < -0.39 is 31.4 Å². The van der Waals surface area contributed by atoms with E-state index in [2.05, 4.69) is 50.8 Å². The molecule has 4 aliphatic rings. The third kappa shape index (κ3) is 8.78. The highest BCUT2D eigenvalue weighted by molar-refractivity contribution is 7.90. The topological polar surface area (TPSA) is 186 Å². The number of H-pyrrole nitrogens is 1. The molecule has 3 aliphatic heterocycles. The Hall–Kier alpha value is -5.82. The van der Waals surface area contributed by atoms with Crippen LogP contribution in [0.1, 0.15) is 60.3 Å². The second kappa shape index (κ2) is 17.8. The molecule has 0 bridgehead atoms. The number of nitro benzene ring substituents is 1. The predicted octanol–water partition coefficient (Wildman–Crippen LogP) is 7.83. The van der Waals surface area contributed by atoms with E-state index in [1.807, 2.05) is 47.2 Å². The number of piperazine rings is 1. The molecule has 6 heterocycles. The molecular weight excluding hydrogens is 884 g/mol. The number of allylic oxidation sites excluding steroid dienone is 1. The van der Waals surface area contributed by atoms with Crippen molar-refractivity contribution < 1.29 is 32.3 Å². The zero-order chi connectivity index (χ0) is 45.7. The zero-order valence-corrected chi connectivity index (χ0v) is 38.3. The second-order valence-corrected chi connectivity index (χ2v) is 20.4. The molecule has 3 aromatic heterocycles. The first-order valence-corrected chi connectivity index (χ1v) is 24.1. The monoisotopic (exact) mass is 934 g/mol. The van der Waals surface area contributed by atoms with Crippen LogP contribution in [0.15, 0.2) is 89.5 Å². The van der Waals surface area contributed by atoms with Crippen molar-refractivity contribution in [2.24, 2.45) is 5.41 Å².